The van der Waals surface area contributed by atoms with E-state index in [1.54, 1.807) is 25.4 Å². The number of nitrogens with zero attached hydrogens (tertiary/aromatic N) is 6. The minimum Gasteiger partial charge on any atom is -0.377 e. The van der Waals surface area contributed by atoms with Gasteiger partial charge in [0.05, 0.1) is 12.1 Å². The highest BCUT2D eigenvalue weighted by molar-refractivity contribution is 7.15. The number of nitrogens with one attached hydrogen (secondary N) is 1. The molecule has 0 radical (unpaired) electrons. The van der Waals surface area contributed by atoms with E-state index < -0.39 is 0 Å². The monoisotopic (exact) mass is 373 g/mol. The van der Waals surface area contributed by atoms with Crippen molar-refractivity contribution in [2.45, 2.75) is 6.61 Å². The Kier molecular flexibility index (Phi) is 6.06. The lowest BCUT2D eigenvalue weighted by molar-refractivity contribution is -0.117. The van der Waals surface area contributed by atoms with Gasteiger partial charge in [-0.2, -0.15) is 5.26 Å². The SMILES string of the molecule is COCc1nnc(NC(=O)CN2CCN(c3ncccc3C#N)CC2)s1. The highest BCUT2D eigenvalue weighted by atomic mass is 32.1. The first-order valence-corrected chi connectivity index (χ1v) is 8.95. The zero-order chi connectivity index (χ0) is 18.4. The number of ether oxygens (including phenoxy) is 1. The summed E-state index contributed by atoms with van der Waals surface area (Å²) in [6, 6.07) is 5.70. The number of hydrogen-bond donors (Lipinski definition) is 1. The van der Waals surface area contributed by atoms with Gasteiger partial charge in [0.15, 0.2) is 0 Å². The van der Waals surface area contributed by atoms with Crippen LogP contribution in [0.15, 0.2) is 18.3 Å². The van der Waals surface area contributed by atoms with Crippen LogP contribution in [-0.4, -0.2) is 65.8 Å². The summed E-state index contributed by atoms with van der Waals surface area (Å²) in [5.74, 6) is 0.591. The molecule has 1 N–H and O–H groups in total. The standard InChI is InChI=1S/C16H19N7O2S/c1-25-11-14-20-21-16(26-14)19-13(24)10-22-5-7-23(8-6-22)15-12(9-17)3-2-4-18-15/h2-4H,5-8,10-11H2,1H3,(H,19,21,24). The predicted octanol–water partition coefficient (Wildman–Crippen LogP) is 0.712. The smallest absolute Gasteiger partial charge is 0.240 e. The van der Waals surface area contributed by atoms with Crippen LogP contribution in [0.1, 0.15) is 10.6 Å². The number of anilines is 2. The zero-order valence-electron chi connectivity index (χ0n) is 14.4. The predicted molar refractivity (Wildman–Crippen MR) is 96.9 cm³/mol. The fraction of sp³-hybridized carbons (Fsp3) is 0.438. The largest absolute Gasteiger partial charge is 0.377 e. The van der Waals surface area contributed by atoms with Crippen LogP contribution >= 0.6 is 11.3 Å². The first kappa shape index (κ1) is 18.2. The maximum atomic E-state index is 12.2. The molecule has 136 valence electrons. The molecule has 1 aliphatic heterocycles. The summed E-state index contributed by atoms with van der Waals surface area (Å²) in [6.07, 6.45) is 1.69. The molecule has 3 rings (SSSR count). The Hall–Kier alpha value is -2.61. The fourth-order valence-corrected chi connectivity index (χ4v) is 3.43. The highest BCUT2D eigenvalue weighted by Gasteiger charge is 2.22. The van der Waals surface area contributed by atoms with Crippen LogP contribution in [-0.2, 0) is 16.1 Å². The summed E-state index contributed by atoms with van der Waals surface area (Å²) in [7, 11) is 1.59. The molecular formula is C16H19N7O2S. The molecule has 2 aromatic rings. The number of piperazine rings is 1. The second kappa shape index (κ2) is 8.66. The molecule has 0 unspecified atom stereocenters. The lowest BCUT2D eigenvalue weighted by Crippen LogP contribution is -2.49. The number of methoxy groups -OCH3 is 1. The first-order valence-electron chi connectivity index (χ1n) is 8.13. The summed E-state index contributed by atoms with van der Waals surface area (Å²) in [5.41, 5.74) is 0.571. The number of amides is 1. The number of carbonyl (C=O) groups is 1. The lowest BCUT2D eigenvalue weighted by atomic mass is 10.2. The van der Waals surface area contributed by atoms with Gasteiger partial charge in [0.2, 0.25) is 11.0 Å². The topological polar surface area (TPSA) is 107 Å². The minimum absolute atomic E-state index is 0.117. The van der Waals surface area contributed by atoms with E-state index in [-0.39, 0.29) is 5.91 Å². The summed E-state index contributed by atoms with van der Waals surface area (Å²) in [5, 5.41) is 21.0. The number of nitriles is 1. The van der Waals surface area contributed by atoms with Gasteiger partial charge < -0.3 is 9.64 Å². The van der Waals surface area contributed by atoms with Crippen molar-refractivity contribution in [3.05, 3.63) is 28.9 Å². The maximum Gasteiger partial charge on any atom is 0.240 e. The molecule has 0 spiro atoms. The van der Waals surface area contributed by atoms with Gasteiger partial charge >= 0.3 is 0 Å². The summed E-state index contributed by atoms with van der Waals surface area (Å²) >= 11 is 1.30. The molecule has 9 nitrogen and oxygen atoms in total. The van der Waals surface area contributed by atoms with Crippen molar-refractivity contribution < 1.29 is 9.53 Å². The van der Waals surface area contributed by atoms with E-state index in [4.69, 9.17) is 4.74 Å². The van der Waals surface area contributed by atoms with Crippen molar-refractivity contribution in [1.82, 2.24) is 20.1 Å². The van der Waals surface area contributed by atoms with E-state index >= 15 is 0 Å². The Balaban J connectivity index is 1.49. The van der Waals surface area contributed by atoms with Crippen LogP contribution in [0.25, 0.3) is 0 Å². The summed E-state index contributed by atoms with van der Waals surface area (Å²) in [6.45, 7) is 3.55. The third kappa shape index (κ3) is 4.51. The molecule has 1 fully saturated rings. The molecule has 1 aliphatic rings. The third-order valence-electron chi connectivity index (χ3n) is 3.93. The Morgan fingerprint density at radius 1 is 1.38 bits per heavy atom. The van der Waals surface area contributed by atoms with Gasteiger partial charge in [-0.15, -0.1) is 10.2 Å². The van der Waals surface area contributed by atoms with E-state index in [2.05, 4.69) is 36.4 Å². The average Bonchev–Trinajstić information content (AvgIpc) is 3.09. The zero-order valence-corrected chi connectivity index (χ0v) is 15.2. The Labute approximate surface area is 155 Å². The molecule has 26 heavy (non-hydrogen) atoms. The van der Waals surface area contributed by atoms with E-state index in [0.717, 1.165) is 31.2 Å². The van der Waals surface area contributed by atoms with E-state index in [1.807, 2.05) is 0 Å². The van der Waals surface area contributed by atoms with Gasteiger partial charge in [-0.05, 0) is 12.1 Å². The average molecular weight is 373 g/mol. The van der Waals surface area contributed by atoms with Gasteiger partial charge in [0, 0.05) is 39.5 Å². The second-order valence-electron chi connectivity index (χ2n) is 5.73. The van der Waals surface area contributed by atoms with Crippen LogP contribution in [0.4, 0.5) is 10.9 Å². The molecule has 1 amide bonds. The van der Waals surface area contributed by atoms with Crippen molar-refractivity contribution in [2.24, 2.45) is 0 Å². The van der Waals surface area contributed by atoms with E-state index in [1.165, 1.54) is 11.3 Å². The van der Waals surface area contributed by atoms with Crippen LogP contribution in [0.2, 0.25) is 0 Å². The minimum atomic E-state index is -0.117. The van der Waals surface area contributed by atoms with Gasteiger partial charge in [0.1, 0.15) is 23.5 Å². The van der Waals surface area contributed by atoms with Crippen molar-refractivity contribution >= 4 is 28.2 Å². The quantitative estimate of drug-likeness (QED) is 0.789. The Bertz CT molecular complexity index is 796. The summed E-state index contributed by atoms with van der Waals surface area (Å²) < 4.78 is 4.99. The van der Waals surface area contributed by atoms with Crippen molar-refractivity contribution in [2.75, 3.05) is 50.1 Å². The molecule has 10 heteroatoms. The van der Waals surface area contributed by atoms with Gasteiger partial charge in [-0.3, -0.25) is 15.0 Å². The van der Waals surface area contributed by atoms with E-state index in [9.17, 15) is 10.1 Å². The number of carbonyl (C=O) groups excluding carboxylic acids is 1. The number of hydrogen-bond acceptors (Lipinski definition) is 9. The van der Waals surface area contributed by atoms with Gasteiger partial charge in [-0.25, -0.2) is 4.98 Å². The Morgan fingerprint density at radius 3 is 2.92 bits per heavy atom. The van der Waals surface area contributed by atoms with Crippen molar-refractivity contribution in [3.63, 3.8) is 0 Å². The third-order valence-corrected chi connectivity index (χ3v) is 4.74. The molecule has 1 saturated heterocycles. The van der Waals surface area contributed by atoms with Crippen molar-refractivity contribution in [3.8, 4) is 6.07 Å². The number of pyridine rings is 1. The maximum absolute atomic E-state index is 12.2. The fourth-order valence-electron chi connectivity index (χ4n) is 2.70. The molecular weight excluding hydrogens is 354 g/mol. The van der Waals surface area contributed by atoms with Gasteiger partial charge in [0.25, 0.3) is 0 Å². The molecule has 0 aromatic carbocycles. The molecule has 0 aliphatic carbocycles. The molecule has 0 saturated carbocycles. The number of rotatable bonds is 6. The highest BCUT2D eigenvalue weighted by Crippen LogP contribution is 2.18. The lowest BCUT2D eigenvalue weighted by Gasteiger charge is -2.35. The van der Waals surface area contributed by atoms with E-state index in [0.29, 0.717) is 29.7 Å². The van der Waals surface area contributed by atoms with Crippen LogP contribution in [0.5, 0.6) is 0 Å². The first-order chi connectivity index (χ1) is 12.7. The molecule has 0 bridgehead atoms. The van der Waals surface area contributed by atoms with Crippen LogP contribution in [0.3, 0.4) is 0 Å². The van der Waals surface area contributed by atoms with Crippen LogP contribution in [0, 0.1) is 11.3 Å². The second-order valence-corrected chi connectivity index (χ2v) is 6.79. The Morgan fingerprint density at radius 2 is 2.19 bits per heavy atom. The number of aromatic nitrogens is 3. The van der Waals surface area contributed by atoms with Crippen molar-refractivity contribution in [1.29, 1.82) is 5.26 Å². The molecule has 3 heterocycles. The van der Waals surface area contributed by atoms with Gasteiger partial charge in [-0.1, -0.05) is 11.3 Å². The summed E-state index contributed by atoms with van der Waals surface area (Å²) in [4.78, 5) is 20.6. The van der Waals surface area contributed by atoms with Crippen LogP contribution < -0.4 is 10.2 Å². The molecule has 2 aromatic heterocycles. The molecule has 0 atom stereocenters. The normalized spacial score (nSPS) is 14.8.